The highest BCUT2D eigenvalue weighted by atomic mass is 35.5. The molecule has 0 fully saturated rings. The number of aryl methyl sites for hydroxylation is 1. The number of imidazole rings is 1. The minimum absolute atomic E-state index is 0.00531. The summed E-state index contributed by atoms with van der Waals surface area (Å²) in [4.78, 5) is 18.9. The highest BCUT2D eigenvalue weighted by Crippen LogP contribution is 2.36. The average molecular weight is 444 g/mol. The van der Waals surface area contributed by atoms with E-state index in [1.807, 2.05) is 0 Å². The van der Waals surface area contributed by atoms with Crippen LogP contribution in [0, 0.1) is 12.7 Å². The number of amides is 1. The summed E-state index contributed by atoms with van der Waals surface area (Å²) in [5.41, 5.74) is 6.63. The first-order valence-corrected chi connectivity index (χ1v) is 9.09. The second kappa shape index (κ2) is 8.26. The van der Waals surface area contributed by atoms with Crippen molar-refractivity contribution in [3.05, 3.63) is 68.4 Å². The fourth-order valence-corrected chi connectivity index (χ4v) is 3.19. The van der Waals surface area contributed by atoms with Crippen molar-refractivity contribution < 1.29 is 13.9 Å². The number of nitrogens with one attached hydrogen (secondary N) is 2. The molecule has 0 aliphatic carbocycles. The number of carbonyl (C=O) groups is 1. The van der Waals surface area contributed by atoms with Gasteiger partial charge in [-0.15, -0.1) is 0 Å². The number of H-pyrrole nitrogens is 1. The molecule has 0 radical (unpaired) electrons. The Morgan fingerprint density at radius 3 is 2.68 bits per heavy atom. The number of anilines is 1. The average Bonchev–Trinajstić information content (AvgIpc) is 2.95. The van der Waals surface area contributed by atoms with Gasteiger partial charge >= 0.3 is 0 Å². The van der Waals surface area contributed by atoms with E-state index in [2.05, 4.69) is 15.3 Å². The molecule has 0 atom stereocenters. The van der Waals surface area contributed by atoms with Crippen LogP contribution in [0.4, 0.5) is 10.1 Å². The van der Waals surface area contributed by atoms with Gasteiger partial charge in [0.05, 0.1) is 5.02 Å². The molecular weight excluding hydrogens is 430 g/mol. The molecular formula is C18H14Cl3FN4O2. The molecule has 0 unspecified atom stereocenters. The molecule has 0 bridgehead atoms. The Balaban J connectivity index is 1.80. The van der Waals surface area contributed by atoms with Crippen LogP contribution in [0.2, 0.25) is 15.2 Å². The molecule has 3 aromatic rings. The third-order valence-corrected chi connectivity index (χ3v) is 4.59. The number of hydrogen-bond donors (Lipinski definition) is 3. The maximum Gasteiger partial charge on any atom is 0.271 e. The summed E-state index contributed by atoms with van der Waals surface area (Å²) in [5, 5.41) is 3.04. The fraction of sp³-hybridized carbons (Fsp3) is 0.111. The zero-order valence-electron chi connectivity index (χ0n) is 14.4. The summed E-state index contributed by atoms with van der Waals surface area (Å²) in [6.07, 6.45) is 0. The van der Waals surface area contributed by atoms with E-state index < -0.39 is 11.7 Å². The molecule has 0 aliphatic rings. The highest BCUT2D eigenvalue weighted by Gasteiger charge is 2.18. The van der Waals surface area contributed by atoms with Crippen molar-refractivity contribution in [2.24, 2.45) is 0 Å². The number of benzene rings is 2. The van der Waals surface area contributed by atoms with E-state index in [0.29, 0.717) is 22.1 Å². The topological polar surface area (TPSA) is 93.0 Å². The van der Waals surface area contributed by atoms with Gasteiger partial charge in [-0.1, -0.05) is 40.9 Å². The van der Waals surface area contributed by atoms with Crippen molar-refractivity contribution in [3.63, 3.8) is 0 Å². The first kappa shape index (κ1) is 20.3. The summed E-state index contributed by atoms with van der Waals surface area (Å²) >= 11 is 18.1. The normalized spacial score (nSPS) is 10.8. The monoisotopic (exact) mass is 442 g/mol. The summed E-state index contributed by atoms with van der Waals surface area (Å²) in [5.74, 6) is -0.620. The molecule has 2 aromatic carbocycles. The van der Waals surface area contributed by atoms with E-state index in [4.69, 9.17) is 45.3 Å². The zero-order chi connectivity index (χ0) is 20.4. The molecule has 0 aliphatic heterocycles. The van der Waals surface area contributed by atoms with Crippen molar-refractivity contribution in [2.45, 2.75) is 13.5 Å². The molecule has 28 heavy (non-hydrogen) atoms. The maximum absolute atomic E-state index is 14.2. The molecule has 0 spiro atoms. The summed E-state index contributed by atoms with van der Waals surface area (Å²) in [7, 11) is 0. The number of nitrogens with zero attached hydrogens (tertiary/aromatic N) is 1. The van der Waals surface area contributed by atoms with Crippen LogP contribution in [-0.4, -0.2) is 15.9 Å². The molecule has 1 aromatic heterocycles. The molecule has 10 heteroatoms. The van der Waals surface area contributed by atoms with Crippen LogP contribution in [0.25, 0.3) is 0 Å². The number of halogens is 4. The summed E-state index contributed by atoms with van der Waals surface area (Å²) < 4.78 is 19.8. The minimum atomic E-state index is -0.675. The van der Waals surface area contributed by atoms with E-state index in [0.717, 1.165) is 0 Å². The second-order valence-corrected chi connectivity index (χ2v) is 7.02. The number of aromatic nitrogens is 2. The molecule has 3 rings (SSSR count). The minimum Gasteiger partial charge on any atom is -0.453 e. The second-order valence-electron chi connectivity index (χ2n) is 5.84. The van der Waals surface area contributed by atoms with Crippen LogP contribution in [0.5, 0.6) is 11.5 Å². The molecule has 0 saturated carbocycles. The number of nitrogen functional groups attached to an aromatic ring is 1. The maximum atomic E-state index is 14.2. The molecule has 1 heterocycles. The lowest BCUT2D eigenvalue weighted by atomic mass is 10.2. The van der Waals surface area contributed by atoms with Crippen LogP contribution >= 0.6 is 34.8 Å². The Bertz CT molecular complexity index is 1040. The number of hydrogen-bond acceptors (Lipinski definition) is 4. The molecule has 0 saturated heterocycles. The van der Waals surface area contributed by atoms with E-state index >= 15 is 0 Å². The van der Waals surface area contributed by atoms with Gasteiger partial charge in [0.1, 0.15) is 17.3 Å². The van der Waals surface area contributed by atoms with Crippen molar-refractivity contribution in [1.82, 2.24) is 15.3 Å². The standard InChI is InChI=1S/C18H14Cl3FN4O2/c1-8-25-15(17(21)26-8)18(27)24-7-9-2-3-13(22)16(14(9)20)28-12-5-10(19)4-11(23)6-12/h2-6H,7,23H2,1H3,(H,24,27)(H,25,26). The summed E-state index contributed by atoms with van der Waals surface area (Å²) in [6, 6.07) is 7.12. The lowest BCUT2D eigenvalue weighted by Gasteiger charge is -2.13. The van der Waals surface area contributed by atoms with Crippen LogP contribution in [0.1, 0.15) is 21.9 Å². The van der Waals surface area contributed by atoms with Crippen LogP contribution < -0.4 is 15.8 Å². The van der Waals surface area contributed by atoms with Gasteiger partial charge in [0.25, 0.3) is 5.91 Å². The Morgan fingerprint density at radius 1 is 1.29 bits per heavy atom. The van der Waals surface area contributed by atoms with E-state index in [1.165, 1.54) is 30.3 Å². The number of ether oxygens (including phenoxy) is 1. The summed E-state index contributed by atoms with van der Waals surface area (Å²) in [6.45, 7) is 1.69. The van der Waals surface area contributed by atoms with Crippen molar-refractivity contribution >= 4 is 46.4 Å². The number of rotatable bonds is 5. The Labute approximate surface area is 174 Å². The van der Waals surface area contributed by atoms with Gasteiger partial charge in [-0.2, -0.15) is 0 Å². The lowest BCUT2D eigenvalue weighted by Crippen LogP contribution is -2.23. The van der Waals surface area contributed by atoms with Crippen molar-refractivity contribution in [2.75, 3.05) is 5.73 Å². The third-order valence-electron chi connectivity index (χ3n) is 3.69. The Morgan fingerprint density at radius 2 is 2.04 bits per heavy atom. The van der Waals surface area contributed by atoms with Gasteiger partial charge in [0, 0.05) is 23.3 Å². The van der Waals surface area contributed by atoms with Gasteiger partial charge in [0.15, 0.2) is 16.7 Å². The van der Waals surface area contributed by atoms with Gasteiger partial charge in [-0.3, -0.25) is 4.79 Å². The van der Waals surface area contributed by atoms with E-state index in [9.17, 15) is 9.18 Å². The first-order valence-electron chi connectivity index (χ1n) is 7.95. The molecule has 146 valence electrons. The van der Waals surface area contributed by atoms with Crippen molar-refractivity contribution in [1.29, 1.82) is 0 Å². The van der Waals surface area contributed by atoms with E-state index in [1.54, 1.807) is 6.92 Å². The number of carbonyl (C=O) groups excluding carboxylic acids is 1. The SMILES string of the molecule is Cc1nc(Cl)c(C(=O)NCc2ccc(F)c(Oc3cc(N)cc(Cl)c3)c2Cl)[nH]1. The molecule has 1 amide bonds. The third kappa shape index (κ3) is 4.49. The fourth-order valence-electron chi connectivity index (χ4n) is 2.44. The highest BCUT2D eigenvalue weighted by molar-refractivity contribution is 6.33. The first-order chi connectivity index (χ1) is 13.2. The number of aromatic amines is 1. The van der Waals surface area contributed by atoms with Crippen LogP contribution in [-0.2, 0) is 6.54 Å². The van der Waals surface area contributed by atoms with Gasteiger partial charge in [-0.25, -0.2) is 9.37 Å². The lowest BCUT2D eigenvalue weighted by molar-refractivity contribution is 0.0946. The van der Waals surface area contributed by atoms with Gasteiger partial charge < -0.3 is 20.8 Å². The molecule has 6 nitrogen and oxygen atoms in total. The van der Waals surface area contributed by atoms with Crippen LogP contribution in [0.3, 0.4) is 0 Å². The number of nitrogens with two attached hydrogens (primary N) is 1. The van der Waals surface area contributed by atoms with E-state index in [-0.39, 0.29) is 33.9 Å². The smallest absolute Gasteiger partial charge is 0.271 e. The molecule has 4 N–H and O–H groups in total. The van der Waals surface area contributed by atoms with Gasteiger partial charge in [0.2, 0.25) is 0 Å². The Hall–Kier alpha value is -2.48. The predicted molar refractivity (Wildman–Crippen MR) is 107 cm³/mol. The predicted octanol–water partition coefficient (Wildman–Crippen LogP) is 5.12. The van der Waals surface area contributed by atoms with Gasteiger partial charge in [-0.05, 0) is 30.7 Å². The van der Waals surface area contributed by atoms with Crippen LogP contribution in [0.15, 0.2) is 30.3 Å². The quantitative estimate of drug-likeness (QED) is 0.477. The van der Waals surface area contributed by atoms with Crippen molar-refractivity contribution in [3.8, 4) is 11.5 Å². The zero-order valence-corrected chi connectivity index (χ0v) is 16.7. The largest absolute Gasteiger partial charge is 0.453 e. The Kier molecular flexibility index (Phi) is 5.98.